The molecule has 2 heteroatoms. The molecular formula is C18H23NO. The molecule has 1 unspecified atom stereocenters. The minimum Gasteiger partial charge on any atom is -0.395 e. The molecule has 0 amide bonds. The van der Waals surface area contributed by atoms with Crippen molar-refractivity contribution in [3.05, 3.63) is 70.8 Å². The monoisotopic (exact) mass is 269 g/mol. The van der Waals surface area contributed by atoms with Gasteiger partial charge in [0.15, 0.2) is 0 Å². The molecule has 2 N–H and O–H groups in total. The van der Waals surface area contributed by atoms with Crippen molar-refractivity contribution in [2.75, 3.05) is 6.61 Å². The van der Waals surface area contributed by atoms with Crippen molar-refractivity contribution in [1.29, 1.82) is 0 Å². The first-order valence-corrected chi connectivity index (χ1v) is 7.12. The van der Waals surface area contributed by atoms with E-state index in [0.717, 1.165) is 13.0 Å². The maximum Gasteiger partial charge on any atom is 0.0587 e. The predicted octanol–water partition coefficient (Wildman–Crippen LogP) is 3.00. The van der Waals surface area contributed by atoms with Crippen LogP contribution >= 0.6 is 0 Å². The van der Waals surface area contributed by atoms with Gasteiger partial charge in [-0.05, 0) is 31.4 Å². The summed E-state index contributed by atoms with van der Waals surface area (Å²) in [6.07, 6.45) is 0.849. The highest BCUT2D eigenvalue weighted by molar-refractivity contribution is 5.28. The average molecular weight is 269 g/mol. The largest absolute Gasteiger partial charge is 0.395 e. The van der Waals surface area contributed by atoms with Crippen LogP contribution in [0.15, 0.2) is 48.5 Å². The average Bonchev–Trinajstić information content (AvgIpc) is 2.43. The maximum atomic E-state index is 9.51. The molecule has 0 radical (unpaired) electrons. The van der Waals surface area contributed by atoms with Crippen molar-refractivity contribution < 1.29 is 5.11 Å². The summed E-state index contributed by atoms with van der Waals surface area (Å²) >= 11 is 0. The Balaban J connectivity index is 1.93. The van der Waals surface area contributed by atoms with E-state index in [1.165, 1.54) is 22.3 Å². The van der Waals surface area contributed by atoms with Gasteiger partial charge in [0.1, 0.15) is 0 Å². The highest BCUT2D eigenvalue weighted by Gasteiger charge is 2.08. The summed E-state index contributed by atoms with van der Waals surface area (Å²) in [6.45, 7) is 5.17. The van der Waals surface area contributed by atoms with Crippen LogP contribution in [-0.2, 0) is 13.0 Å². The van der Waals surface area contributed by atoms with Crippen LogP contribution in [0.1, 0.15) is 22.3 Å². The highest BCUT2D eigenvalue weighted by Crippen LogP contribution is 2.09. The number of nitrogens with one attached hydrogen (secondary N) is 1. The molecule has 2 rings (SSSR count). The molecule has 2 aromatic rings. The van der Waals surface area contributed by atoms with Gasteiger partial charge < -0.3 is 10.4 Å². The van der Waals surface area contributed by atoms with Gasteiger partial charge in [0, 0.05) is 12.6 Å². The lowest BCUT2D eigenvalue weighted by molar-refractivity contribution is 0.241. The van der Waals surface area contributed by atoms with Crippen molar-refractivity contribution in [2.24, 2.45) is 0 Å². The lowest BCUT2D eigenvalue weighted by Gasteiger charge is -2.17. The van der Waals surface area contributed by atoms with Crippen LogP contribution in [0.2, 0.25) is 0 Å². The predicted molar refractivity (Wildman–Crippen MR) is 83.8 cm³/mol. The second kappa shape index (κ2) is 7.22. The van der Waals surface area contributed by atoms with Gasteiger partial charge in [-0.3, -0.25) is 0 Å². The molecule has 1 atom stereocenters. The van der Waals surface area contributed by atoms with Crippen molar-refractivity contribution >= 4 is 0 Å². The zero-order valence-electron chi connectivity index (χ0n) is 12.3. The Kier molecular flexibility index (Phi) is 5.33. The van der Waals surface area contributed by atoms with Crippen LogP contribution in [0.5, 0.6) is 0 Å². The molecule has 0 aliphatic rings. The second-order valence-corrected chi connectivity index (χ2v) is 5.45. The van der Waals surface area contributed by atoms with E-state index in [4.69, 9.17) is 0 Å². The van der Waals surface area contributed by atoms with Crippen LogP contribution < -0.4 is 5.32 Å². The van der Waals surface area contributed by atoms with Gasteiger partial charge in [-0.2, -0.15) is 0 Å². The Morgan fingerprint density at radius 2 is 1.60 bits per heavy atom. The smallest absolute Gasteiger partial charge is 0.0587 e. The lowest BCUT2D eigenvalue weighted by atomic mass is 10.0. The van der Waals surface area contributed by atoms with Crippen molar-refractivity contribution in [3.8, 4) is 0 Å². The molecule has 0 spiro atoms. The van der Waals surface area contributed by atoms with Gasteiger partial charge in [-0.15, -0.1) is 0 Å². The molecule has 20 heavy (non-hydrogen) atoms. The van der Waals surface area contributed by atoms with Crippen molar-refractivity contribution in [3.63, 3.8) is 0 Å². The number of hydrogen-bond donors (Lipinski definition) is 2. The van der Waals surface area contributed by atoms with E-state index in [0.29, 0.717) is 0 Å². The summed E-state index contributed by atoms with van der Waals surface area (Å²) < 4.78 is 0. The highest BCUT2D eigenvalue weighted by atomic mass is 16.3. The van der Waals surface area contributed by atoms with Crippen LogP contribution in [0.3, 0.4) is 0 Å². The number of aryl methyl sites for hydroxylation is 2. The normalized spacial score (nSPS) is 12.3. The molecule has 2 aromatic carbocycles. The molecule has 0 saturated carbocycles. The molecule has 0 fully saturated rings. The topological polar surface area (TPSA) is 32.3 Å². The van der Waals surface area contributed by atoms with E-state index in [9.17, 15) is 5.11 Å². The number of aliphatic hydroxyl groups is 1. The lowest BCUT2D eigenvalue weighted by Crippen LogP contribution is -2.34. The summed E-state index contributed by atoms with van der Waals surface area (Å²) in [5.41, 5.74) is 5.09. The summed E-state index contributed by atoms with van der Waals surface area (Å²) in [4.78, 5) is 0. The third kappa shape index (κ3) is 4.48. The Morgan fingerprint density at radius 1 is 0.950 bits per heavy atom. The fourth-order valence-electron chi connectivity index (χ4n) is 2.53. The summed E-state index contributed by atoms with van der Waals surface area (Å²) in [5, 5.41) is 13.0. The molecule has 0 bridgehead atoms. The number of rotatable bonds is 6. The molecule has 106 valence electrons. The maximum absolute atomic E-state index is 9.51. The van der Waals surface area contributed by atoms with Crippen LogP contribution in [0.4, 0.5) is 0 Å². The van der Waals surface area contributed by atoms with E-state index in [2.05, 4.69) is 49.5 Å². The van der Waals surface area contributed by atoms with Gasteiger partial charge in [-0.1, -0.05) is 59.7 Å². The first-order chi connectivity index (χ1) is 9.67. The standard InChI is InChI=1S/C18H23NO/c1-14-8-15(2)10-17(9-14)12-19-18(13-20)11-16-6-4-3-5-7-16/h3-10,18-20H,11-13H2,1-2H3. The van der Waals surface area contributed by atoms with E-state index in [1.54, 1.807) is 0 Å². The molecule has 2 nitrogen and oxygen atoms in total. The summed E-state index contributed by atoms with van der Waals surface area (Å²) in [6, 6.07) is 16.9. The Morgan fingerprint density at radius 3 is 2.20 bits per heavy atom. The Labute approximate surface area is 121 Å². The van der Waals surface area contributed by atoms with Gasteiger partial charge in [-0.25, -0.2) is 0 Å². The fraction of sp³-hybridized carbons (Fsp3) is 0.333. The number of benzene rings is 2. The van der Waals surface area contributed by atoms with Crippen molar-refractivity contribution in [1.82, 2.24) is 5.32 Å². The first kappa shape index (κ1) is 14.8. The quantitative estimate of drug-likeness (QED) is 0.845. The number of aliphatic hydroxyl groups excluding tert-OH is 1. The van der Waals surface area contributed by atoms with E-state index in [1.807, 2.05) is 18.2 Å². The Hall–Kier alpha value is -1.64. The van der Waals surface area contributed by atoms with Crippen LogP contribution in [0.25, 0.3) is 0 Å². The SMILES string of the molecule is Cc1cc(C)cc(CNC(CO)Cc2ccccc2)c1. The van der Waals surface area contributed by atoms with E-state index in [-0.39, 0.29) is 12.6 Å². The third-order valence-electron chi connectivity index (χ3n) is 3.42. The van der Waals surface area contributed by atoms with Gasteiger partial charge >= 0.3 is 0 Å². The van der Waals surface area contributed by atoms with Gasteiger partial charge in [0.2, 0.25) is 0 Å². The molecule has 0 aliphatic heterocycles. The minimum atomic E-state index is 0.0956. The van der Waals surface area contributed by atoms with E-state index >= 15 is 0 Å². The number of hydrogen-bond acceptors (Lipinski definition) is 2. The van der Waals surface area contributed by atoms with Gasteiger partial charge in [0.05, 0.1) is 6.61 Å². The minimum absolute atomic E-state index is 0.0956. The first-order valence-electron chi connectivity index (χ1n) is 7.12. The second-order valence-electron chi connectivity index (χ2n) is 5.45. The zero-order valence-corrected chi connectivity index (χ0v) is 12.3. The molecule has 0 saturated heterocycles. The molecular weight excluding hydrogens is 246 g/mol. The van der Waals surface area contributed by atoms with Gasteiger partial charge in [0.25, 0.3) is 0 Å². The van der Waals surface area contributed by atoms with Crippen molar-refractivity contribution in [2.45, 2.75) is 32.9 Å². The molecule has 0 aliphatic carbocycles. The molecule has 0 heterocycles. The Bertz CT molecular complexity index is 516. The van der Waals surface area contributed by atoms with E-state index < -0.39 is 0 Å². The van der Waals surface area contributed by atoms with Crippen LogP contribution in [0, 0.1) is 13.8 Å². The fourth-order valence-corrected chi connectivity index (χ4v) is 2.53. The van der Waals surface area contributed by atoms with Crippen LogP contribution in [-0.4, -0.2) is 17.8 Å². The molecule has 0 aromatic heterocycles. The summed E-state index contributed by atoms with van der Waals surface area (Å²) in [5.74, 6) is 0. The zero-order chi connectivity index (χ0) is 14.4. The summed E-state index contributed by atoms with van der Waals surface area (Å²) in [7, 11) is 0. The third-order valence-corrected chi connectivity index (χ3v) is 3.42.